The third-order valence-corrected chi connectivity index (χ3v) is 6.83. The van der Waals surface area contributed by atoms with E-state index >= 15 is 0 Å². The molecule has 2 saturated heterocycles. The molecule has 8 heteroatoms. The zero-order valence-electron chi connectivity index (χ0n) is 20.1. The number of hydrogen-bond donors (Lipinski definition) is 0. The second-order valence-corrected chi connectivity index (χ2v) is 9.62. The third kappa shape index (κ3) is 6.25. The van der Waals surface area contributed by atoms with E-state index in [1.807, 2.05) is 38.1 Å². The van der Waals surface area contributed by atoms with Gasteiger partial charge in [-0.1, -0.05) is 35.9 Å². The van der Waals surface area contributed by atoms with Crippen LogP contribution in [0.5, 0.6) is 11.5 Å². The molecule has 4 rings (SSSR count). The summed E-state index contributed by atoms with van der Waals surface area (Å²) in [7, 11) is 0. The lowest BCUT2D eigenvalue weighted by molar-refractivity contribution is -0.136. The highest BCUT2D eigenvalue weighted by atomic mass is 32.2. The molecule has 2 aromatic carbocycles. The van der Waals surface area contributed by atoms with Crippen LogP contribution in [0.25, 0.3) is 6.08 Å². The van der Waals surface area contributed by atoms with E-state index < -0.39 is 11.1 Å². The van der Waals surface area contributed by atoms with E-state index in [4.69, 9.17) is 9.47 Å². The summed E-state index contributed by atoms with van der Waals surface area (Å²) in [6, 6.07) is 13.5. The molecule has 0 aliphatic carbocycles. The molecular weight excluding hydrogens is 464 g/mol. The number of amides is 3. The fraction of sp³-hybridized carbons (Fsp3) is 0.370. The number of likely N-dealkylation sites (tertiary alicyclic amines) is 1. The van der Waals surface area contributed by atoms with Crippen molar-refractivity contribution in [2.24, 2.45) is 0 Å². The highest BCUT2D eigenvalue weighted by Crippen LogP contribution is 2.35. The Morgan fingerprint density at radius 2 is 1.83 bits per heavy atom. The number of carbonyl (C=O) groups is 3. The van der Waals surface area contributed by atoms with Crippen LogP contribution in [0.2, 0.25) is 0 Å². The number of imide groups is 1. The van der Waals surface area contributed by atoms with Crippen molar-refractivity contribution in [1.82, 2.24) is 9.80 Å². The normalized spacial score (nSPS) is 17.3. The van der Waals surface area contributed by atoms with Crippen LogP contribution < -0.4 is 9.47 Å². The molecule has 0 unspecified atom stereocenters. The van der Waals surface area contributed by atoms with E-state index in [9.17, 15) is 14.4 Å². The van der Waals surface area contributed by atoms with E-state index in [1.54, 1.807) is 23.1 Å². The van der Waals surface area contributed by atoms with Gasteiger partial charge in [0.1, 0.15) is 13.2 Å². The highest BCUT2D eigenvalue weighted by molar-refractivity contribution is 8.18. The molecule has 0 saturated carbocycles. The van der Waals surface area contributed by atoms with Gasteiger partial charge in [-0.15, -0.1) is 0 Å². The minimum atomic E-state index is -0.442. The highest BCUT2D eigenvalue weighted by Gasteiger charge is 2.37. The smallest absolute Gasteiger partial charge is 0.294 e. The number of aryl methyl sites for hydroxylation is 1. The second-order valence-electron chi connectivity index (χ2n) is 8.63. The van der Waals surface area contributed by atoms with E-state index in [1.165, 1.54) is 0 Å². The van der Waals surface area contributed by atoms with Crippen molar-refractivity contribution < 1.29 is 23.9 Å². The van der Waals surface area contributed by atoms with E-state index in [0.717, 1.165) is 47.1 Å². The molecule has 7 nitrogen and oxygen atoms in total. The zero-order chi connectivity index (χ0) is 24.8. The van der Waals surface area contributed by atoms with Crippen molar-refractivity contribution >= 4 is 34.9 Å². The number of hydrogen-bond acceptors (Lipinski definition) is 6. The third-order valence-electron chi connectivity index (χ3n) is 5.92. The quantitative estimate of drug-likeness (QED) is 0.480. The average molecular weight is 495 g/mol. The lowest BCUT2D eigenvalue weighted by Gasteiger charge is -2.27. The maximum Gasteiger partial charge on any atom is 0.294 e. The summed E-state index contributed by atoms with van der Waals surface area (Å²) in [5, 5.41) is -0.422. The summed E-state index contributed by atoms with van der Waals surface area (Å²) in [6.45, 7) is 5.95. The molecule has 3 amide bonds. The molecule has 184 valence electrons. The Balaban J connectivity index is 1.46. The van der Waals surface area contributed by atoms with Crippen LogP contribution >= 0.6 is 11.8 Å². The number of thioether (sulfide) groups is 1. The van der Waals surface area contributed by atoms with Gasteiger partial charge in [-0.25, -0.2) is 0 Å². The zero-order valence-corrected chi connectivity index (χ0v) is 20.9. The predicted molar refractivity (Wildman–Crippen MR) is 136 cm³/mol. The Kier molecular flexibility index (Phi) is 8.13. The van der Waals surface area contributed by atoms with Gasteiger partial charge < -0.3 is 14.4 Å². The Hall–Kier alpha value is -3.26. The summed E-state index contributed by atoms with van der Waals surface area (Å²) in [5.41, 5.74) is 2.94. The van der Waals surface area contributed by atoms with Gasteiger partial charge in [0, 0.05) is 13.1 Å². The molecule has 2 fully saturated rings. The molecule has 2 heterocycles. The van der Waals surface area contributed by atoms with Crippen LogP contribution in [0.15, 0.2) is 47.4 Å². The van der Waals surface area contributed by atoms with Crippen LogP contribution in [-0.4, -0.2) is 53.1 Å². The van der Waals surface area contributed by atoms with Crippen molar-refractivity contribution in [3.05, 3.63) is 64.1 Å². The van der Waals surface area contributed by atoms with Crippen LogP contribution in [0.4, 0.5) is 4.79 Å². The summed E-state index contributed by atoms with van der Waals surface area (Å²) in [6.07, 6.45) is 4.68. The molecule has 0 spiro atoms. The molecule has 2 aliphatic heterocycles. The average Bonchev–Trinajstić information content (AvgIpc) is 3.11. The molecular formula is C27H30N2O5S. The SMILES string of the molecule is CCOc1cc(/C=C2\SC(=O)N(CC(=O)N3CCCCC3)C2=O)ccc1OCc1cccc(C)c1. The summed E-state index contributed by atoms with van der Waals surface area (Å²) in [4.78, 5) is 41.0. The minimum absolute atomic E-state index is 0.179. The molecule has 0 bridgehead atoms. The number of carbonyl (C=O) groups excluding carboxylic acids is 3. The molecule has 0 atom stereocenters. The van der Waals surface area contributed by atoms with Crippen LogP contribution in [0, 0.1) is 6.92 Å². The molecule has 2 aliphatic rings. The summed E-state index contributed by atoms with van der Waals surface area (Å²) < 4.78 is 11.8. The standard InChI is InChI=1S/C27H30N2O5S/c1-3-33-23-15-20(10-11-22(23)34-18-21-9-7-8-19(2)14-21)16-24-26(31)29(27(32)35-24)17-25(30)28-12-5-4-6-13-28/h7-11,14-16H,3-6,12-13,17-18H2,1-2H3/b24-16-. The number of benzene rings is 2. The predicted octanol–water partition coefficient (Wildman–Crippen LogP) is 5.02. The Labute approximate surface area is 210 Å². The van der Waals surface area contributed by atoms with E-state index in [0.29, 0.717) is 43.4 Å². The molecule has 35 heavy (non-hydrogen) atoms. The van der Waals surface area contributed by atoms with Gasteiger partial charge >= 0.3 is 0 Å². The van der Waals surface area contributed by atoms with E-state index in [-0.39, 0.29) is 17.4 Å². The van der Waals surface area contributed by atoms with Crippen molar-refractivity contribution in [2.45, 2.75) is 39.7 Å². The van der Waals surface area contributed by atoms with Gasteiger partial charge in [0.25, 0.3) is 11.1 Å². The van der Waals surface area contributed by atoms with Gasteiger partial charge in [-0.3, -0.25) is 19.3 Å². The number of rotatable bonds is 8. The lowest BCUT2D eigenvalue weighted by Crippen LogP contribution is -2.44. The van der Waals surface area contributed by atoms with Gasteiger partial charge in [0.05, 0.1) is 11.5 Å². The van der Waals surface area contributed by atoms with Gasteiger partial charge in [-0.05, 0) is 74.2 Å². The Morgan fingerprint density at radius 1 is 1.03 bits per heavy atom. The van der Waals surface area contributed by atoms with Crippen LogP contribution in [-0.2, 0) is 16.2 Å². The minimum Gasteiger partial charge on any atom is -0.490 e. The fourth-order valence-corrected chi connectivity index (χ4v) is 4.97. The van der Waals surface area contributed by atoms with Gasteiger partial charge in [0.15, 0.2) is 11.5 Å². The largest absolute Gasteiger partial charge is 0.490 e. The maximum atomic E-state index is 12.9. The monoisotopic (exact) mass is 494 g/mol. The summed E-state index contributed by atoms with van der Waals surface area (Å²) >= 11 is 0.853. The van der Waals surface area contributed by atoms with Crippen LogP contribution in [0.3, 0.4) is 0 Å². The first-order valence-corrected chi connectivity index (χ1v) is 12.7. The molecule has 2 aromatic rings. The van der Waals surface area contributed by atoms with Crippen LogP contribution in [0.1, 0.15) is 42.9 Å². The first-order valence-electron chi connectivity index (χ1n) is 11.9. The van der Waals surface area contributed by atoms with Gasteiger partial charge in [-0.2, -0.15) is 0 Å². The molecule has 0 N–H and O–H groups in total. The Bertz CT molecular complexity index is 1140. The van der Waals surface area contributed by atoms with Crippen molar-refractivity contribution in [2.75, 3.05) is 26.2 Å². The number of ether oxygens (including phenoxy) is 2. The van der Waals surface area contributed by atoms with Crippen molar-refractivity contribution in [3.8, 4) is 11.5 Å². The van der Waals surface area contributed by atoms with Gasteiger partial charge in [0.2, 0.25) is 5.91 Å². The number of nitrogens with zero attached hydrogens (tertiary/aromatic N) is 2. The number of piperidine rings is 1. The maximum absolute atomic E-state index is 12.9. The summed E-state index contributed by atoms with van der Waals surface area (Å²) in [5.74, 6) is 0.546. The van der Waals surface area contributed by atoms with E-state index in [2.05, 4.69) is 6.07 Å². The fourth-order valence-electron chi connectivity index (χ4n) is 4.13. The first-order chi connectivity index (χ1) is 16.9. The Morgan fingerprint density at radius 3 is 2.57 bits per heavy atom. The molecule has 0 radical (unpaired) electrons. The molecule has 0 aromatic heterocycles. The van der Waals surface area contributed by atoms with Crippen molar-refractivity contribution in [1.29, 1.82) is 0 Å². The second kappa shape index (κ2) is 11.4. The topological polar surface area (TPSA) is 76.2 Å². The van der Waals surface area contributed by atoms with Crippen molar-refractivity contribution in [3.63, 3.8) is 0 Å². The lowest BCUT2D eigenvalue weighted by atomic mass is 10.1. The first kappa shape index (κ1) is 24.9.